The van der Waals surface area contributed by atoms with Crippen LogP contribution in [-0.2, 0) is 21.4 Å². The number of aryl methyl sites for hydroxylation is 1. The second-order valence-electron chi connectivity index (χ2n) is 8.41. The molecule has 0 radical (unpaired) electrons. The molecule has 0 saturated carbocycles. The predicted molar refractivity (Wildman–Crippen MR) is 119 cm³/mol. The molecule has 2 aliphatic rings. The van der Waals surface area contributed by atoms with Gasteiger partial charge in [-0.3, -0.25) is 24.0 Å². The largest absolute Gasteiger partial charge is 0.495 e. The molecule has 2 saturated heterocycles. The van der Waals surface area contributed by atoms with Gasteiger partial charge in [-0.25, -0.2) is 9.18 Å². The monoisotopic (exact) mass is 458 g/mol. The number of fused-ring (bicyclic) bond motifs is 1. The van der Waals surface area contributed by atoms with Crippen LogP contribution in [0.4, 0.5) is 4.39 Å². The Morgan fingerprint density at radius 1 is 1.21 bits per heavy atom. The Labute approximate surface area is 190 Å². The van der Waals surface area contributed by atoms with E-state index in [4.69, 9.17) is 9.47 Å². The van der Waals surface area contributed by atoms with Crippen LogP contribution in [0.1, 0.15) is 30.9 Å². The van der Waals surface area contributed by atoms with Crippen molar-refractivity contribution in [3.05, 3.63) is 28.2 Å². The van der Waals surface area contributed by atoms with Crippen LogP contribution in [0.2, 0.25) is 0 Å². The van der Waals surface area contributed by atoms with Gasteiger partial charge in [0.15, 0.2) is 0 Å². The predicted octanol–water partition coefficient (Wildman–Crippen LogP) is 0.737. The maximum Gasteiger partial charge on any atom is 0.329 e. The Morgan fingerprint density at radius 2 is 2.00 bits per heavy atom. The Bertz CT molecular complexity index is 1210. The number of carbonyl (C=O) groups excluding carboxylic acids is 2. The smallest absolute Gasteiger partial charge is 0.329 e. The van der Waals surface area contributed by atoms with Gasteiger partial charge in [0.25, 0.3) is 0 Å². The van der Waals surface area contributed by atoms with E-state index in [9.17, 15) is 18.8 Å². The van der Waals surface area contributed by atoms with E-state index in [1.165, 1.54) is 16.2 Å². The number of alkyl halides is 1. The number of hydrogen-bond acceptors (Lipinski definition) is 6. The lowest BCUT2D eigenvalue weighted by Gasteiger charge is -2.31. The standard InChI is InChI=1S/C23H27FN4O5/c1-26-11-10-19(15(24)13-26)33-12-4-5-14-18(32-3)8-6-16-21(14)27(2)23(31)28(16)17-7-9-20(29)25-22(17)30/h6,8,15,17,19H,7,9-13H2,1-3H3,(H,25,29,30). The quantitative estimate of drug-likeness (QED) is 0.537. The third-order valence-corrected chi connectivity index (χ3v) is 6.22. The van der Waals surface area contributed by atoms with Crippen molar-refractivity contribution in [2.24, 2.45) is 7.05 Å². The molecule has 3 heterocycles. The highest BCUT2D eigenvalue weighted by molar-refractivity contribution is 6.00. The minimum atomic E-state index is -1.06. The van der Waals surface area contributed by atoms with Crippen molar-refractivity contribution in [2.45, 2.75) is 37.6 Å². The van der Waals surface area contributed by atoms with Crippen LogP contribution in [0.5, 0.6) is 5.75 Å². The molecule has 0 spiro atoms. The lowest BCUT2D eigenvalue weighted by molar-refractivity contribution is -0.135. The third-order valence-electron chi connectivity index (χ3n) is 6.22. The number of imidazole rings is 1. The number of hydrogen-bond donors (Lipinski definition) is 1. The fourth-order valence-corrected chi connectivity index (χ4v) is 4.47. The van der Waals surface area contributed by atoms with Gasteiger partial charge in [-0.15, -0.1) is 0 Å². The summed E-state index contributed by atoms with van der Waals surface area (Å²) in [5.41, 5.74) is 1.12. The molecule has 1 aromatic carbocycles. The van der Waals surface area contributed by atoms with Crippen LogP contribution in [0, 0.1) is 11.8 Å². The molecule has 0 aliphatic carbocycles. The van der Waals surface area contributed by atoms with Crippen LogP contribution in [0.15, 0.2) is 16.9 Å². The average Bonchev–Trinajstić information content (AvgIpc) is 3.03. The molecular weight excluding hydrogens is 431 g/mol. The summed E-state index contributed by atoms with van der Waals surface area (Å²) < 4.78 is 28.1. The number of ether oxygens (including phenoxy) is 2. The topological polar surface area (TPSA) is 94.8 Å². The first kappa shape index (κ1) is 23.0. The summed E-state index contributed by atoms with van der Waals surface area (Å²) in [6.45, 7) is 1.14. The first-order valence-electron chi connectivity index (χ1n) is 10.9. The van der Waals surface area contributed by atoms with Crippen molar-refractivity contribution < 1.29 is 23.5 Å². The van der Waals surface area contributed by atoms with Crippen molar-refractivity contribution in [3.8, 4) is 17.6 Å². The summed E-state index contributed by atoms with van der Waals surface area (Å²) in [7, 11) is 4.98. The molecular formula is C23H27FN4O5. The molecule has 2 aromatic rings. The summed E-state index contributed by atoms with van der Waals surface area (Å²) in [5.74, 6) is 5.54. The fraction of sp³-hybridized carbons (Fsp3) is 0.522. The summed E-state index contributed by atoms with van der Waals surface area (Å²) in [4.78, 5) is 39.0. The molecule has 9 nitrogen and oxygen atoms in total. The van der Waals surface area contributed by atoms with Gasteiger partial charge < -0.3 is 14.4 Å². The normalized spacial score (nSPS) is 23.8. The first-order valence-corrected chi connectivity index (χ1v) is 10.9. The number of carbonyl (C=O) groups is 2. The molecule has 2 amide bonds. The molecule has 1 aromatic heterocycles. The SMILES string of the molecule is COc1ccc2c(c1C#CCOC1CCN(C)CC1F)n(C)c(=O)n2C1CCC(=O)NC1=O. The zero-order chi connectivity index (χ0) is 23.7. The lowest BCUT2D eigenvalue weighted by atomic mass is 10.1. The number of rotatable bonds is 4. The van der Waals surface area contributed by atoms with Gasteiger partial charge in [0.05, 0.1) is 29.8 Å². The van der Waals surface area contributed by atoms with Crippen LogP contribution in [0.25, 0.3) is 11.0 Å². The van der Waals surface area contributed by atoms with Gasteiger partial charge in [-0.1, -0.05) is 11.8 Å². The summed E-state index contributed by atoms with van der Waals surface area (Å²) >= 11 is 0. The van der Waals surface area contributed by atoms with Crippen molar-refractivity contribution in [1.82, 2.24) is 19.4 Å². The van der Waals surface area contributed by atoms with Gasteiger partial charge in [-0.2, -0.15) is 0 Å². The molecule has 3 atom stereocenters. The van der Waals surface area contributed by atoms with E-state index < -0.39 is 29.9 Å². The van der Waals surface area contributed by atoms with Crippen molar-refractivity contribution >= 4 is 22.8 Å². The molecule has 4 rings (SSSR count). The number of aromatic nitrogens is 2. The average molecular weight is 458 g/mol. The molecule has 2 aliphatic heterocycles. The van der Waals surface area contributed by atoms with Crippen LogP contribution in [0.3, 0.4) is 0 Å². The number of amides is 2. The number of nitrogens with one attached hydrogen (secondary N) is 1. The van der Waals surface area contributed by atoms with Crippen LogP contribution >= 0.6 is 0 Å². The zero-order valence-electron chi connectivity index (χ0n) is 18.9. The number of nitrogens with zero attached hydrogens (tertiary/aromatic N) is 3. The van der Waals surface area contributed by atoms with E-state index in [1.807, 2.05) is 11.9 Å². The summed E-state index contributed by atoms with van der Waals surface area (Å²) in [5, 5.41) is 2.30. The van der Waals surface area contributed by atoms with Crippen LogP contribution in [-0.4, -0.2) is 72.0 Å². The van der Waals surface area contributed by atoms with Gasteiger partial charge >= 0.3 is 5.69 Å². The maximum absolute atomic E-state index is 14.2. The highest BCUT2D eigenvalue weighted by atomic mass is 19.1. The van der Waals surface area contributed by atoms with Crippen molar-refractivity contribution in [1.29, 1.82) is 0 Å². The van der Waals surface area contributed by atoms with Gasteiger partial charge in [0.2, 0.25) is 11.8 Å². The number of piperidine rings is 2. The van der Waals surface area contributed by atoms with Crippen LogP contribution < -0.4 is 15.7 Å². The Balaban J connectivity index is 1.66. The molecule has 10 heteroatoms. The Morgan fingerprint density at radius 3 is 2.70 bits per heavy atom. The van der Waals surface area contributed by atoms with Gasteiger partial charge in [0.1, 0.15) is 24.6 Å². The third kappa shape index (κ3) is 4.38. The lowest BCUT2D eigenvalue weighted by Crippen LogP contribution is -2.44. The molecule has 2 fully saturated rings. The van der Waals surface area contributed by atoms with Gasteiger partial charge in [0, 0.05) is 26.6 Å². The number of methoxy groups -OCH3 is 1. The molecule has 3 unspecified atom stereocenters. The minimum absolute atomic E-state index is 0.0378. The van der Waals surface area contributed by atoms with Gasteiger partial charge in [-0.05, 0) is 32.0 Å². The van der Waals surface area contributed by atoms with E-state index in [-0.39, 0.29) is 25.4 Å². The molecule has 1 N–H and O–H groups in total. The van der Waals surface area contributed by atoms with E-state index in [0.717, 1.165) is 6.54 Å². The first-order chi connectivity index (χ1) is 15.8. The van der Waals surface area contributed by atoms with E-state index in [0.29, 0.717) is 35.3 Å². The second kappa shape index (κ2) is 9.37. The number of likely N-dealkylation sites (tertiary alicyclic amines) is 1. The molecule has 176 valence electrons. The number of imide groups is 1. The summed E-state index contributed by atoms with van der Waals surface area (Å²) in [6.07, 6.45) is -0.558. The Kier molecular flexibility index (Phi) is 6.54. The maximum atomic E-state index is 14.2. The van der Waals surface area contributed by atoms with E-state index in [2.05, 4.69) is 17.2 Å². The zero-order valence-corrected chi connectivity index (χ0v) is 18.9. The number of benzene rings is 1. The highest BCUT2D eigenvalue weighted by Gasteiger charge is 2.32. The minimum Gasteiger partial charge on any atom is -0.495 e. The highest BCUT2D eigenvalue weighted by Crippen LogP contribution is 2.29. The van der Waals surface area contributed by atoms with Crippen molar-refractivity contribution in [2.75, 3.05) is 33.9 Å². The van der Waals surface area contributed by atoms with Crippen molar-refractivity contribution in [3.63, 3.8) is 0 Å². The molecule has 0 bridgehead atoms. The van der Waals surface area contributed by atoms with E-state index >= 15 is 0 Å². The second-order valence-corrected chi connectivity index (χ2v) is 8.41. The summed E-state index contributed by atoms with van der Waals surface area (Å²) in [6, 6.07) is 2.60. The molecule has 33 heavy (non-hydrogen) atoms. The number of halogens is 1. The fourth-order valence-electron chi connectivity index (χ4n) is 4.47. The Hall–Kier alpha value is -3.16. The van der Waals surface area contributed by atoms with E-state index in [1.54, 1.807) is 19.2 Å².